The normalized spacial score (nSPS) is 9.81. The molecule has 21 heavy (non-hydrogen) atoms. The zero-order valence-electron chi connectivity index (χ0n) is 11.3. The van der Waals surface area contributed by atoms with Crippen LogP contribution in [0.15, 0.2) is 21.1 Å². The summed E-state index contributed by atoms with van der Waals surface area (Å²) in [5.74, 6) is 1.28. The molecule has 0 spiro atoms. The van der Waals surface area contributed by atoms with Gasteiger partial charge in [0.05, 0.1) is 17.8 Å². The Morgan fingerprint density at radius 1 is 1.43 bits per heavy atom. The minimum Gasteiger partial charge on any atom is -0.478 e. The number of halogens is 2. The molecule has 1 aromatic rings. The molecule has 1 aromatic carbocycles. The van der Waals surface area contributed by atoms with E-state index >= 15 is 0 Å². The van der Waals surface area contributed by atoms with Gasteiger partial charge in [-0.2, -0.15) is 0 Å². The van der Waals surface area contributed by atoms with Crippen LogP contribution in [0, 0.1) is 12.3 Å². The Hall–Kier alpha value is -1.52. The van der Waals surface area contributed by atoms with Crippen LogP contribution in [0.3, 0.4) is 0 Å². The van der Waals surface area contributed by atoms with E-state index in [2.05, 4.69) is 43.1 Å². The Labute approximate surface area is 140 Å². The molecule has 0 bridgehead atoms. The fraction of sp³-hybridized carbons (Fsp3) is 0.286. The maximum absolute atomic E-state index is 12.2. The summed E-state index contributed by atoms with van der Waals surface area (Å²) in [5, 5.41) is 11.8. The SMILES string of the molecule is C#CCN(CCC)C(=O)Nc1c(Br)cc(Br)cc1C(=O)O. The van der Waals surface area contributed by atoms with E-state index < -0.39 is 12.0 Å². The number of carbonyl (C=O) groups excluding carboxylic acids is 1. The molecule has 0 atom stereocenters. The van der Waals surface area contributed by atoms with Crippen LogP contribution >= 0.6 is 31.9 Å². The van der Waals surface area contributed by atoms with Gasteiger partial charge in [0.2, 0.25) is 0 Å². The number of carboxylic acids is 1. The molecule has 0 saturated heterocycles. The number of amides is 2. The summed E-state index contributed by atoms with van der Waals surface area (Å²) in [4.78, 5) is 24.9. The van der Waals surface area contributed by atoms with E-state index in [4.69, 9.17) is 6.42 Å². The number of nitrogens with zero attached hydrogens (tertiary/aromatic N) is 1. The molecule has 0 fully saturated rings. The summed E-state index contributed by atoms with van der Waals surface area (Å²) in [5.41, 5.74) is 0.190. The van der Waals surface area contributed by atoms with Gasteiger partial charge in [-0.05, 0) is 34.5 Å². The Kier molecular flexibility index (Phi) is 6.72. The molecule has 0 aliphatic heterocycles. The molecular weight excluding hydrogens is 404 g/mol. The number of rotatable bonds is 5. The molecule has 7 heteroatoms. The lowest BCUT2D eigenvalue weighted by Gasteiger charge is -2.21. The number of aromatic carboxylic acids is 1. The molecule has 0 saturated carbocycles. The number of hydrogen-bond acceptors (Lipinski definition) is 2. The van der Waals surface area contributed by atoms with Gasteiger partial charge in [0.15, 0.2) is 0 Å². The van der Waals surface area contributed by atoms with Crippen LogP contribution in [0.1, 0.15) is 23.7 Å². The molecule has 0 unspecified atom stereocenters. The zero-order chi connectivity index (χ0) is 16.0. The van der Waals surface area contributed by atoms with Gasteiger partial charge in [0, 0.05) is 15.5 Å². The Morgan fingerprint density at radius 3 is 2.62 bits per heavy atom. The van der Waals surface area contributed by atoms with E-state index in [0.29, 0.717) is 15.5 Å². The molecule has 2 amide bonds. The van der Waals surface area contributed by atoms with E-state index in [-0.39, 0.29) is 17.8 Å². The number of nitrogens with one attached hydrogen (secondary N) is 1. The quantitative estimate of drug-likeness (QED) is 0.716. The molecule has 0 aromatic heterocycles. The molecular formula is C14H14Br2N2O3. The number of terminal acetylenes is 1. The fourth-order valence-corrected chi connectivity index (χ4v) is 3.01. The van der Waals surface area contributed by atoms with Gasteiger partial charge in [-0.1, -0.05) is 28.8 Å². The number of urea groups is 1. The summed E-state index contributed by atoms with van der Waals surface area (Å²) in [7, 11) is 0. The van der Waals surface area contributed by atoms with E-state index in [9.17, 15) is 14.7 Å². The van der Waals surface area contributed by atoms with Crippen LogP contribution in [0.5, 0.6) is 0 Å². The molecule has 5 nitrogen and oxygen atoms in total. The van der Waals surface area contributed by atoms with Crippen LogP contribution in [-0.2, 0) is 0 Å². The summed E-state index contributed by atoms with van der Waals surface area (Å²) in [6, 6.07) is 2.65. The van der Waals surface area contributed by atoms with E-state index in [0.717, 1.165) is 6.42 Å². The third-order valence-electron chi connectivity index (χ3n) is 2.58. The zero-order valence-corrected chi connectivity index (χ0v) is 14.5. The third-order valence-corrected chi connectivity index (χ3v) is 3.66. The second-order valence-electron chi connectivity index (χ2n) is 4.17. The van der Waals surface area contributed by atoms with Crippen LogP contribution in [-0.4, -0.2) is 35.1 Å². The smallest absolute Gasteiger partial charge is 0.337 e. The molecule has 0 radical (unpaired) electrons. The molecule has 0 aliphatic carbocycles. The first kappa shape index (κ1) is 17.5. The average Bonchev–Trinajstić information content (AvgIpc) is 2.40. The van der Waals surface area contributed by atoms with Crippen molar-refractivity contribution in [2.24, 2.45) is 0 Å². The van der Waals surface area contributed by atoms with Gasteiger partial charge in [0.25, 0.3) is 0 Å². The highest BCUT2D eigenvalue weighted by Gasteiger charge is 2.19. The first-order chi connectivity index (χ1) is 9.90. The first-order valence-electron chi connectivity index (χ1n) is 6.12. The van der Waals surface area contributed by atoms with Gasteiger partial charge in [-0.25, -0.2) is 9.59 Å². The van der Waals surface area contributed by atoms with E-state index in [1.54, 1.807) is 6.07 Å². The van der Waals surface area contributed by atoms with Crippen LogP contribution in [0.4, 0.5) is 10.5 Å². The number of carboxylic acid groups (broad SMARTS) is 1. The van der Waals surface area contributed by atoms with Crippen LogP contribution in [0.2, 0.25) is 0 Å². The first-order valence-corrected chi connectivity index (χ1v) is 7.71. The highest BCUT2D eigenvalue weighted by molar-refractivity contribution is 9.11. The average molecular weight is 418 g/mol. The minimum atomic E-state index is -1.13. The Bertz CT molecular complexity index is 597. The largest absolute Gasteiger partial charge is 0.478 e. The second-order valence-corrected chi connectivity index (χ2v) is 5.94. The van der Waals surface area contributed by atoms with Gasteiger partial charge < -0.3 is 15.3 Å². The topological polar surface area (TPSA) is 69.6 Å². The lowest BCUT2D eigenvalue weighted by atomic mass is 10.2. The number of hydrogen-bond donors (Lipinski definition) is 2. The third kappa shape index (κ3) is 4.76. The van der Waals surface area contributed by atoms with Gasteiger partial charge in [-0.3, -0.25) is 0 Å². The van der Waals surface area contributed by atoms with Crippen molar-refractivity contribution in [3.05, 3.63) is 26.6 Å². The minimum absolute atomic E-state index is 0.0123. The summed E-state index contributed by atoms with van der Waals surface area (Å²) in [6.07, 6.45) is 5.99. The summed E-state index contributed by atoms with van der Waals surface area (Å²) < 4.78 is 1.07. The highest BCUT2D eigenvalue weighted by Crippen LogP contribution is 2.31. The molecule has 0 aliphatic rings. The van der Waals surface area contributed by atoms with Crippen molar-refractivity contribution in [3.63, 3.8) is 0 Å². The lowest BCUT2D eigenvalue weighted by molar-refractivity contribution is 0.0698. The Balaban J connectivity index is 3.09. The van der Waals surface area contributed by atoms with Crippen molar-refractivity contribution in [1.29, 1.82) is 0 Å². The van der Waals surface area contributed by atoms with Gasteiger partial charge in [-0.15, -0.1) is 6.42 Å². The van der Waals surface area contributed by atoms with Crippen LogP contribution < -0.4 is 5.32 Å². The van der Waals surface area contributed by atoms with Crippen molar-refractivity contribution in [2.45, 2.75) is 13.3 Å². The fourth-order valence-electron chi connectivity index (χ4n) is 1.69. The maximum Gasteiger partial charge on any atom is 0.337 e. The predicted molar refractivity (Wildman–Crippen MR) is 88.5 cm³/mol. The maximum atomic E-state index is 12.2. The molecule has 0 heterocycles. The monoisotopic (exact) mass is 416 g/mol. The lowest BCUT2D eigenvalue weighted by Crippen LogP contribution is -2.36. The Morgan fingerprint density at radius 2 is 2.10 bits per heavy atom. The second kappa shape index (κ2) is 8.05. The number of anilines is 1. The van der Waals surface area contributed by atoms with E-state index in [1.165, 1.54) is 11.0 Å². The van der Waals surface area contributed by atoms with Crippen molar-refractivity contribution in [3.8, 4) is 12.3 Å². The summed E-state index contributed by atoms with van der Waals surface area (Å²) >= 11 is 6.47. The molecule has 112 valence electrons. The predicted octanol–water partition coefficient (Wildman–Crippen LogP) is 3.79. The van der Waals surface area contributed by atoms with Crippen molar-refractivity contribution in [1.82, 2.24) is 4.90 Å². The standard InChI is InChI=1S/C14H14Br2N2O3/c1-3-5-18(6-4-2)14(21)17-12-10(13(19)20)7-9(15)8-11(12)16/h1,7-8H,4-6H2,2H3,(H,17,21)(H,19,20). The molecule has 2 N–H and O–H groups in total. The van der Waals surface area contributed by atoms with E-state index in [1.807, 2.05) is 6.92 Å². The van der Waals surface area contributed by atoms with Crippen molar-refractivity contribution in [2.75, 3.05) is 18.4 Å². The number of carbonyl (C=O) groups is 2. The van der Waals surface area contributed by atoms with Crippen molar-refractivity contribution < 1.29 is 14.7 Å². The van der Waals surface area contributed by atoms with Gasteiger partial charge >= 0.3 is 12.0 Å². The highest BCUT2D eigenvalue weighted by atomic mass is 79.9. The molecule has 1 rings (SSSR count). The van der Waals surface area contributed by atoms with Crippen molar-refractivity contribution >= 4 is 49.5 Å². The van der Waals surface area contributed by atoms with Crippen LogP contribution in [0.25, 0.3) is 0 Å². The number of benzene rings is 1. The summed E-state index contributed by atoms with van der Waals surface area (Å²) in [6.45, 7) is 2.58. The van der Waals surface area contributed by atoms with Gasteiger partial charge in [0.1, 0.15) is 0 Å².